The lowest BCUT2D eigenvalue weighted by molar-refractivity contribution is -0.145. The van der Waals surface area contributed by atoms with Crippen LogP contribution < -0.4 is 4.74 Å². The van der Waals surface area contributed by atoms with Gasteiger partial charge in [0, 0.05) is 21.1 Å². The van der Waals surface area contributed by atoms with E-state index in [0.29, 0.717) is 34.9 Å². The van der Waals surface area contributed by atoms with Gasteiger partial charge in [0.2, 0.25) is 0 Å². The molecule has 0 saturated carbocycles. The molecule has 0 unspecified atom stereocenters. The molecule has 2 heterocycles. The third-order valence-electron chi connectivity index (χ3n) is 4.97. The zero-order valence-electron chi connectivity index (χ0n) is 16.4. The average Bonchev–Trinajstić information content (AvgIpc) is 3.11. The van der Waals surface area contributed by atoms with E-state index in [1.54, 1.807) is 17.8 Å². The first-order valence-electron chi connectivity index (χ1n) is 9.50. The minimum Gasteiger partial charge on any atom is -0.479 e. The van der Waals surface area contributed by atoms with Crippen LogP contribution in [0.25, 0.3) is 10.6 Å². The molecule has 1 aliphatic rings. The molecule has 4 rings (SSSR count). The predicted molar refractivity (Wildman–Crippen MR) is 114 cm³/mol. The van der Waals surface area contributed by atoms with E-state index in [1.165, 1.54) is 23.5 Å². The number of carboxylic acids is 1. The molecule has 0 amide bonds. The van der Waals surface area contributed by atoms with Crippen LogP contribution in [0.4, 0.5) is 13.2 Å². The summed E-state index contributed by atoms with van der Waals surface area (Å²) in [5.41, 5.74) is 1.84. The molecule has 1 atom stereocenters. The number of fused-ring (bicyclic) bond motifs is 1. The van der Waals surface area contributed by atoms with Crippen LogP contribution in [0.15, 0.2) is 47.4 Å². The molecule has 9 heteroatoms. The number of benzene rings is 2. The van der Waals surface area contributed by atoms with Crippen LogP contribution in [0.5, 0.6) is 5.75 Å². The highest BCUT2D eigenvalue weighted by molar-refractivity contribution is 7.98. The number of ether oxygens (including phenoxy) is 1. The van der Waals surface area contributed by atoms with E-state index in [9.17, 15) is 18.0 Å². The summed E-state index contributed by atoms with van der Waals surface area (Å²) in [6.45, 7) is 1.90. The quantitative estimate of drug-likeness (QED) is 0.454. The van der Waals surface area contributed by atoms with Crippen LogP contribution in [0, 0.1) is 6.92 Å². The molecule has 0 radical (unpaired) electrons. The number of thioether (sulfide) groups is 1. The lowest BCUT2D eigenvalue weighted by Crippen LogP contribution is -2.30. The second-order valence-corrected chi connectivity index (χ2v) is 9.28. The lowest BCUT2D eigenvalue weighted by Gasteiger charge is -2.23. The van der Waals surface area contributed by atoms with Gasteiger partial charge < -0.3 is 9.84 Å². The highest BCUT2D eigenvalue weighted by atomic mass is 32.2. The first-order valence-corrected chi connectivity index (χ1v) is 11.3. The number of rotatable bonds is 5. The number of halogens is 3. The molecule has 3 aromatic rings. The summed E-state index contributed by atoms with van der Waals surface area (Å²) in [6.07, 6.45) is -4.05. The van der Waals surface area contributed by atoms with Gasteiger partial charge in [-0.05, 0) is 55.7 Å². The Morgan fingerprint density at radius 3 is 2.68 bits per heavy atom. The molecule has 4 nitrogen and oxygen atoms in total. The SMILES string of the molecule is Cc1nc(-c2ccc(C(F)(F)F)cc2)sc1CSc1ccc2c(c1)CC[C@@H](C(=O)O)O2. The summed E-state index contributed by atoms with van der Waals surface area (Å²) in [5, 5.41) is 9.80. The summed E-state index contributed by atoms with van der Waals surface area (Å²) >= 11 is 3.11. The van der Waals surface area contributed by atoms with Crippen molar-refractivity contribution in [2.45, 2.75) is 42.7 Å². The zero-order chi connectivity index (χ0) is 22.2. The normalized spacial score (nSPS) is 15.9. The molecular weight excluding hydrogens is 447 g/mol. The summed E-state index contributed by atoms with van der Waals surface area (Å²) in [5.74, 6) is 0.344. The van der Waals surface area contributed by atoms with Gasteiger partial charge in [-0.1, -0.05) is 12.1 Å². The van der Waals surface area contributed by atoms with Crippen LogP contribution in [0.3, 0.4) is 0 Å². The van der Waals surface area contributed by atoms with Gasteiger partial charge in [-0.15, -0.1) is 23.1 Å². The number of carboxylic acid groups (broad SMARTS) is 1. The first kappa shape index (κ1) is 21.7. The smallest absolute Gasteiger partial charge is 0.416 e. The summed E-state index contributed by atoms with van der Waals surface area (Å²) in [7, 11) is 0. The fraction of sp³-hybridized carbons (Fsp3) is 0.273. The van der Waals surface area contributed by atoms with Crippen LogP contribution in [-0.2, 0) is 23.1 Å². The maximum atomic E-state index is 12.8. The van der Waals surface area contributed by atoms with Crippen LogP contribution in [-0.4, -0.2) is 22.2 Å². The van der Waals surface area contributed by atoms with Crippen LogP contribution >= 0.6 is 23.1 Å². The van der Waals surface area contributed by atoms with Gasteiger partial charge in [-0.2, -0.15) is 13.2 Å². The van der Waals surface area contributed by atoms with Gasteiger partial charge in [0.1, 0.15) is 10.8 Å². The second-order valence-electron chi connectivity index (χ2n) is 7.14. The highest BCUT2D eigenvalue weighted by Gasteiger charge is 2.30. The maximum Gasteiger partial charge on any atom is 0.416 e. The van der Waals surface area contributed by atoms with Crippen LogP contribution in [0.2, 0.25) is 0 Å². The highest BCUT2D eigenvalue weighted by Crippen LogP contribution is 2.37. The Labute approximate surface area is 185 Å². The second kappa shape index (κ2) is 8.55. The molecule has 0 fully saturated rings. The van der Waals surface area contributed by atoms with E-state index in [-0.39, 0.29) is 0 Å². The number of hydrogen-bond donors (Lipinski definition) is 1. The fourth-order valence-corrected chi connectivity index (χ4v) is 5.44. The van der Waals surface area contributed by atoms with Gasteiger partial charge in [-0.3, -0.25) is 0 Å². The van der Waals surface area contributed by atoms with Gasteiger partial charge in [0.25, 0.3) is 0 Å². The van der Waals surface area contributed by atoms with Crippen molar-refractivity contribution in [2.24, 2.45) is 0 Å². The average molecular weight is 466 g/mol. The number of carbonyl (C=O) groups is 1. The van der Waals surface area contributed by atoms with Gasteiger partial charge in [-0.25, -0.2) is 9.78 Å². The number of thiazole rings is 1. The third kappa shape index (κ3) is 4.88. The molecule has 0 aliphatic carbocycles. The largest absolute Gasteiger partial charge is 0.479 e. The maximum absolute atomic E-state index is 12.8. The number of alkyl halides is 3. The summed E-state index contributed by atoms with van der Waals surface area (Å²) in [6, 6.07) is 10.8. The van der Waals surface area contributed by atoms with Crippen molar-refractivity contribution in [2.75, 3.05) is 0 Å². The molecule has 1 aromatic heterocycles. The van der Waals surface area contributed by atoms with Crippen molar-refractivity contribution >= 4 is 29.1 Å². The van der Waals surface area contributed by atoms with E-state index < -0.39 is 23.8 Å². The molecule has 0 bridgehead atoms. The first-order chi connectivity index (χ1) is 14.7. The lowest BCUT2D eigenvalue weighted by atomic mass is 10.0. The van der Waals surface area contributed by atoms with E-state index >= 15 is 0 Å². The Morgan fingerprint density at radius 1 is 1.26 bits per heavy atom. The number of aryl methyl sites for hydroxylation is 2. The molecule has 1 aliphatic heterocycles. The Morgan fingerprint density at radius 2 is 2.00 bits per heavy atom. The molecule has 2 aromatic carbocycles. The third-order valence-corrected chi connectivity index (χ3v) is 7.38. The minimum absolute atomic E-state index is 0.445. The number of aromatic nitrogens is 1. The van der Waals surface area contributed by atoms with E-state index in [4.69, 9.17) is 9.84 Å². The van der Waals surface area contributed by atoms with Crippen molar-refractivity contribution in [3.05, 3.63) is 64.2 Å². The van der Waals surface area contributed by atoms with Crippen molar-refractivity contribution in [3.63, 3.8) is 0 Å². The molecular formula is C22H18F3NO3S2. The van der Waals surface area contributed by atoms with Crippen molar-refractivity contribution in [1.82, 2.24) is 4.98 Å². The molecule has 1 N–H and O–H groups in total. The van der Waals surface area contributed by atoms with E-state index in [1.807, 2.05) is 19.1 Å². The van der Waals surface area contributed by atoms with Gasteiger partial charge in [0.05, 0.1) is 11.3 Å². The Hall–Kier alpha value is -2.52. The van der Waals surface area contributed by atoms with E-state index in [0.717, 1.165) is 33.2 Å². The van der Waals surface area contributed by atoms with Crippen molar-refractivity contribution < 1.29 is 27.8 Å². The monoisotopic (exact) mass is 465 g/mol. The topological polar surface area (TPSA) is 59.4 Å². The predicted octanol–water partition coefficient (Wildman–Crippen LogP) is 6.21. The Kier molecular flexibility index (Phi) is 5.98. The Balaban J connectivity index is 1.44. The van der Waals surface area contributed by atoms with Gasteiger partial charge >= 0.3 is 12.1 Å². The fourth-order valence-electron chi connectivity index (χ4n) is 3.26. The number of aliphatic carboxylic acids is 1. The molecule has 0 saturated heterocycles. The molecule has 162 valence electrons. The molecule has 0 spiro atoms. The summed E-state index contributed by atoms with van der Waals surface area (Å²) < 4.78 is 43.8. The van der Waals surface area contributed by atoms with Crippen molar-refractivity contribution in [3.8, 4) is 16.3 Å². The van der Waals surface area contributed by atoms with Crippen molar-refractivity contribution in [1.29, 1.82) is 0 Å². The van der Waals surface area contributed by atoms with Crippen LogP contribution in [0.1, 0.15) is 28.1 Å². The van der Waals surface area contributed by atoms with Gasteiger partial charge in [0.15, 0.2) is 6.10 Å². The standard InChI is InChI=1S/C22H18F3NO3S2/c1-12-19(31-20(26-12)13-2-5-15(6-3-13)22(23,24)25)11-30-16-7-9-17-14(10-16)4-8-18(29-17)21(27)28/h2-3,5-7,9-10,18H,4,8,11H2,1H3,(H,27,28)/t18-/m0/s1. The minimum atomic E-state index is -4.35. The zero-order valence-corrected chi connectivity index (χ0v) is 18.0. The number of nitrogens with zero attached hydrogens (tertiary/aromatic N) is 1. The van der Waals surface area contributed by atoms with E-state index in [2.05, 4.69) is 4.98 Å². The number of hydrogen-bond acceptors (Lipinski definition) is 5. The summed E-state index contributed by atoms with van der Waals surface area (Å²) in [4.78, 5) is 17.7. The Bertz CT molecular complexity index is 1110. The molecule has 31 heavy (non-hydrogen) atoms.